The molecule has 0 saturated heterocycles. The number of hydrogen-bond donors (Lipinski definition) is 0. The Morgan fingerprint density at radius 3 is 2.74 bits per heavy atom. The van der Waals surface area contributed by atoms with E-state index in [0.717, 1.165) is 17.7 Å². The predicted octanol–water partition coefficient (Wildman–Crippen LogP) is 4.03. The lowest BCUT2D eigenvalue weighted by Gasteiger charge is -2.34. The van der Waals surface area contributed by atoms with Crippen molar-refractivity contribution in [3.63, 3.8) is 0 Å². The molecule has 4 rings (SSSR count). The van der Waals surface area contributed by atoms with Gasteiger partial charge in [0.15, 0.2) is 5.69 Å². The average molecular weight is 379 g/mol. The van der Waals surface area contributed by atoms with Crippen LogP contribution in [0.25, 0.3) is 4.85 Å². The highest BCUT2D eigenvalue weighted by Crippen LogP contribution is 2.30. The first-order chi connectivity index (χ1) is 12.8. The maximum Gasteiger partial charge on any atom is 0.250 e. The summed E-state index contributed by atoms with van der Waals surface area (Å²) in [7, 11) is 0. The molecule has 136 valence electrons. The van der Waals surface area contributed by atoms with Crippen molar-refractivity contribution in [2.24, 2.45) is 0 Å². The van der Waals surface area contributed by atoms with Crippen molar-refractivity contribution < 1.29 is 4.79 Å². The van der Waals surface area contributed by atoms with Gasteiger partial charge in [0.05, 0.1) is 25.1 Å². The van der Waals surface area contributed by atoms with Gasteiger partial charge in [-0.2, -0.15) is 0 Å². The summed E-state index contributed by atoms with van der Waals surface area (Å²) < 4.78 is 1.92. The number of amides is 1. The van der Waals surface area contributed by atoms with Gasteiger partial charge in [-0.3, -0.25) is 4.79 Å². The lowest BCUT2D eigenvalue weighted by molar-refractivity contribution is -0.136. The summed E-state index contributed by atoms with van der Waals surface area (Å²) in [5, 5.41) is 0. The van der Waals surface area contributed by atoms with E-state index in [1.807, 2.05) is 46.0 Å². The lowest BCUT2D eigenvalue weighted by Crippen LogP contribution is -2.43. The monoisotopic (exact) mass is 378 g/mol. The zero-order chi connectivity index (χ0) is 17.9. The van der Waals surface area contributed by atoms with Crippen LogP contribution < -0.4 is 0 Å². The number of benzene rings is 2. The molecule has 2 aromatic carbocycles. The van der Waals surface area contributed by atoms with Crippen LogP contribution in [0.3, 0.4) is 0 Å². The van der Waals surface area contributed by atoms with Gasteiger partial charge in [0, 0.05) is 12.7 Å². The number of halogens is 1. The second-order valence-electron chi connectivity index (χ2n) is 6.40. The number of carbonyl (C=O) groups excluding carboxylic acids is 1. The van der Waals surface area contributed by atoms with Crippen molar-refractivity contribution in [2.75, 3.05) is 6.54 Å². The van der Waals surface area contributed by atoms with Crippen LogP contribution in [0, 0.1) is 6.57 Å². The third-order valence-corrected chi connectivity index (χ3v) is 4.75. The van der Waals surface area contributed by atoms with Crippen molar-refractivity contribution in [3.05, 3.63) is 95.4 Å². The fourth-order valence-corrected chi connectivity index (χ4v) is 3.42. The third kappa shape index (κ3) is 3.71. The SMILES string of the molecule is Cl.[C-]#[N+]c1cccc(C2C(=O)N(CCc3ccccc3)Cc3cncn32)c1. The quantitative estimate of drug-likeness (QED) is 0.643. The van der Waals surface area contributed by atoms with Crippen molar-refractivity contribution >= 4 is 24.0 Å². The van der Waals surface area contributed by atoms with Crippen molar-refractivity contribution in [3.8, 4) is 0 Å². The van der Waals surface area contributed by atoms with Gasteiger partial charge in [-0.25, -0.2) is 9.83 Å². The van der Waals surface area contributed by atoms with Gasteiger partial charge in [0.2, 0.25) is 0 Å². The van der Waals surface area contributed by atoms with Crippen LogP contribution in [-0.4, -0.2) is 26.9 Å². The number of imidazole rings is 1. The molecule has 1 unspecified atom stereocenters. The van der Waals surface area contributed by atoms with Crippen LogP contribution in [-0.2, 0) is 17.8 Å². The molecule has 2 heterocycles. The van der Waals surface area contributed by atoms with E-state index in [0.29, 0.717) is 18.8 Å². The third-order valence-electron chi connectivity index (χ3n) is 4.75. The Hall–Kier alpha value is -3.10. The number of nitrogens with zero attached hydrogens (tertiary/aromatic N) is 4. The van der Waals surface area contributed by atoms with Crippen molar-refractivity contribution in [1.29, 1.82) is 0 Å². The zero-order valence-corrected chi connectivity index (χ0v) is 15.5. The zero-order valence-electron chi connectivity index (χ0n) is 14.7. The molecule has 1 aliphatic heterocycles. The molecule has 6 heteroatoms. The molecule has 0 spiro atoms. The van der Waals surface area contributed by atoms with Gasteiger partial charge < -0.3 is 9.47 Å². The smallest absolute Gasteiger partial charge is 0.250 e. The van der Waals surface area contributed by atoms with Crippen LogP contribution in [0.2, 0.25) is 0 Å². The van der Waals surface area contributed by atoms with Crippen molar-refractivity contribution in [1.82, 2.24) is 14.5 Å². The Labute approximate surface area is 164 Å². The Morgan fingerprint density at radius 2 is 1.96 bits per heavy atom. The van der Waals surface area contributed by atoms with Crippen LogP contribution in [0.5, 0.6) is 0 Å². The van der Waals surface area contributed by atoms with E-state index in [1.165, 1.54) is 5.56 Å². The molecular weight excluding hydrogens is 360 g/mol. The molecule has 3 aromatic rings. The highest BCUT2D eigenvalue weighted by molar-refractivity contribution is 5.85. The van der Waals surface area contributed by atoms with Crippen LogP contribution in [0.4, 0.5) is 5.69 Å². The predicted molar refractivity (Wildman–Crippen MR) is 106 cm³/mol. The number of fused-ring (bicyclic) bond motifs is 1. The largest absolute Gasteiger partial charge is 0.334 e. The fourth-order valence-electron chi connectivity index (χ4n) is 3.42. The molecule has 0 N–H and O–H groups in total. The molecular formula is C21H19ClN4O. The van der Waals surface area contributed by atoms with Crippen molar-refractivity contribution in [2.45, 2.75) is 19.0 Å². The molecule has 1 atom stereocenters. The van der Waals surface area contributed by atoms with Gasteiger partial charge >= 0.3 is 0 Å². The summed E-state index contributed by atoms with van der Waals surface area (Å²) in [6.07, 6.45) is 4.33. The summed E-state index contributed by atoms with van der Waals surface area (Å²) in [4.78, 5) is 22.8. The molecule has 0 saturated carbocycles. The number of aromatic nitrogens is 2. The maximum absolute atomic E-state index is 13.2. The molecule has 1 aliphatic rings. The van der Waals surface area contributed by atoms with Crippen LogP contribution >= 0.6 is 12.4 Å². The Morgan fingerprint density at radius 1 is 1.15 bits per heavy atom. The molecule has 5 nitrogen and oxygen atoms in total. The first kappa shape index (κ1) is 18.7. The van der Waals surface area contributed by atoms with Crippen LogP contribution in [0.1, 0.15) is 22.9 Å². The summed E-state index contributed by atoms with van der Waals surface area (Å²) in [5.74, 6) is 0.0496. The number of rotatable bonds is 4. The van der Waals surface area contributed by atoms with E-state index in [-0.39, 0.29) is 18.3 Å². The Kier molecular flexibility index (Phi) is 5.58. The van der Waals surface area contributed by atoms with E-state index >= 15 is 0 Å². The van der Waals surface area contributed by atoms with Gasteiger partial charge in [-0.1, -0.05) is 54.6 Å². The summed E-state index contributed by atoms with van der Waals surface area (Å²) in [6, 6.07) is 17.0. The normalized spacial score (nSPS) is 15.6. The van der Waals surface area contributed by atoms with Gasteiger partial charge in [-0.05, 0) is 17.5 Å². The number of carbonyl (C=O) groups is 1. The van der Waals surface area contributed by atoms with E-state index < -0.39 is 6.04 Å². The Bertz CT molecular complexity index is 977. The average Bonchev–Trinajstić information content (AvgIpc) is 3.15. The number of hydrogen-bond acceptors (Lipinski definition) is 2. The van der Waals surface area contributed by atoms with E-state index in [4.69, 9.17) is 6.57 Å². The molecule has 1 amide bonds. The summed E-state index contributed by atoms with van der Waals surface area (Å²) in [6.45, 7) is 8.45. The molecule has 1 aromatic heterocycles. The molecule has 0 fully saturated rings. The van der Waals surface area contributed by atoms with E-state index in [1.54, 1.807) is 18.5 Å². The fraction of sp³-hybridized carbons (Fsp3) is 0.190. The first-order valence-electron chi connectivity index (χ1n) is 8.57. The molecule has 0 radical (unpaired) electrons. The van der Waals surface area contributed by atoms with Crippen LogP contribution in [0.15, 0.2) is 67.1 Å². The molecule has 0 aliphatic carbocycles. The highest BCUT2D eigenvalue weighted by Gasteiger charge is 2.33. The second-order valence-corrected chi connectivity index (χ2v) is 6.40. The minimum Gasteiger partial charge on any atom is -0.334 e. The second kappa shape index (κ2) is 8.07. The minimum absolute atomic E-state index is 0. The standard InChI is InChI=1S/C21H18N4O.ClH/c1-22-18-9-5-8-17(12-18)20-21(26)24(14-19-13-23-15-25(19)20)11-10-16-6-3-2-4-7-16;/h2-9,12-13,15,20H,10-11,14H2;1H. The van der Waals surface area contributed by atoms with Gasteiger partial charge in [0.25, 0.3) is 5.91 Å². The first-order valence-corrected chi connectivity index (χ1v) is 8.57. The van der Waals surface area contributed by atoms with E-state index in [9.17, 15) is 4.79 Å². The summed E-state index contributed by atoms with van der Waals surface area (Å²) in [5.41, 5.74) is 3.59. The Balaban J connectivity index is 0.00000210. The molecule has 0 bridgehead atoms. The highest BCUT2D eigenvalue weighted by atomic mass is 35.5. The van der Waals surface area contributed by atoms with Gasteiger partial charge in [-0.15, -0.1) is 12.4 Å². The maximum atomic E-state index is 13.2. The molecule has 27 heavy (non-hydrogen) atoms. The van der Waals surface area contributed by atoms with E-state index in [2.05, 4.69) is 22.0 Å². The summed E-state index contributed by atoms with van der Waals surface area (Å²) >= 11 is 0. The van der Waals surface area contributed by atoms with Gasteiger partial charge in [0.1, 0.15) is 6.04 Å². The minimum atomic E-state index is -0.460. The lowest BCUT2D eigenvalue weighted by atomic mass is 10.0. The topological polar surface area (TPSA) is 42.5 Å².